The lowest BCUT2D eigenvalue weighted by molar-refractivity contribution is 0.0746. The van der Waals surface area contributed by atoms with Gasteiger partial charge in [-0.2, -0.15) is 0 Å². The zero-order valence-corrected chi connectivity index (χ0v) is 17.1. The third kappa shape index (κ3) is 4.43. The predicted molar refractivity (Wildman–Crippen MR) is 109 cm³/mol. The molecule has 1 aliphatic heterocycles. The van der Waals surface area contributed by atoms with E-state index in [4.69, 9.17) is 0 Å². The Labute approximate surface area is 170 Å². The largest absolute Gasteiger partial charge is 0.368 e. The number of rotatable bonds is 5. The summed E-state index contributed by atoms with van der Waals surface area (Å²) in [6.07, 6.45) is 1.71. The molecule has 1 heterocycles. The first-order valence-electron chi connectivity index (χ1n) is 9.76. The van der Waals surface area contributed by atoms with Gasteiger partial charge in [0.05, 0.1) is 4.90 Å². The lowest BCUT2D eigenvalue weighted by Crippen LogP contribution is -2.49. The summed E-state index contributed by atoms with van der Waals surface area (Å²) in [5.74, 6) is -0.436. The second kappa shape index (κ2) is 7.76. The highest BCUT2D eigenvalue weighted by molar-refractivity contribution is 7.89. The van der Waals surface area contributed by atoms with Crippen molar-refractivity contribution in [2.75, 3.05) is 31.1 Å². The number of benzene rings is 2. The van der Waals surface area contributed by atoms with E-state index in [2.05, 4.69) is 9.62 Å². The molecule has 2 aromatic carbocycles. The number of anilines is 1. The molecular formula is C21H24FN3O3S. The summed E-state index contributed by atoms with van der Waals surface area (Å²) in [6.45, 7) is 4.13. The molecular weight excluding hydrogens is 393 g/mol. The van der Waals surface area contributed by atoms with Crippen molar-refractivity contribution in [3.05, 3.63) is 59.4 Å². The van der Waals surface area contributed by atoms with Crippen molar-refractivity contribution in [2.45, 2.75) is 30.7 Å². The number of piperazine rings is 1. The van der Waals surface area contributed by atoms with Gasteiger partial charge in [-0.1, -0.05) is 6.07 Å². The number of aryl methyl sites for hydroxylation is 1. The zero-order chi connectivity index (χ0) is 20.6. The van der Waals surface area contributed by atoms with E-state index in [0.717, 1.165) is 24.1 Å². The minimum absolute atomic E-state index is 0.0139. The molecule has 154 valence electrons. The van der Waals surface area contributed by atoms with Crippen LogP contribution in [0.3, 0.4) is 0 Å². The van der Waals surface area contributed by atoms with Crippen LogP contribution in [0.1, 0.15) is 28.8 Å². The normalized spacial score (nSPS) is 17.4. The maximum Gasteiger partial charge on any atom is 0.254 e. The van der Waals surface area contributed by atoms with Gasteiger partial charge in [-0.3, -0.25) is 4.79 Å². The summed E-state index contributed by atoms with van der Waals surface area (Å²) < 4.78 is 40.8. The van der Waals surface area contributed by atoms with Crippen LogP contribution < -0.4 is 9.62 Å². The van der Waals surface area contributed by atoms with Crippen LogP contribution in [0.5, 0.6) is 0 Å². The molecule has 2 aliphatic rings. The number of amides is 1. The zero-order valence-electron chi connectivity index (χ0n) is 16.3. The van der Waals surface area contributed by atoms with Crippen molar-refractivity contribution in [3.63, 3.8) is 0 Å². The molecule has 0 radical (unpaired) electrons. The molecule has 6 nitrogen and oxygen atoms in total. The summed E-state index contributed by atoms with van der Waals surface area (Å²) >= 11 is 0. The lowest BCUT2D eigenvalue weighted by atomic mass is 10.1. The van der Waals surface area contributed by atoms with Gasteiger partial charge >= 0.3 is 0 Å². The molecule has 29 heavy (non-hydrogen) atoms. The first-order valence-corrected chi connectivity index (χ1v) is 11.2. The van der Waals surface area contributed by atoms with Gasteiger partial charge in [0, 0.05) is 43.5 Å². The van der Waals surface area contributed by atoms with Gasteiger partial charge in [-0.15, -0.1) is 0 Å². The van der Waals surface area contributed by atoms with Crippen LogP contribution in [0.2, 0.25) is 0 Å². The van der Waals surface area contributed by atoms with Crippen molar-refractivity contribution in [3.8, 4) is 0 Å². The first kappa shape index (κ1) is 19.8. The number of hydrogen-bond donors (Lipinski definition) is 1. The van der Waals surface area contributed by atoms with E-state index >= 15 is 0 Å². The van der Waals surface area contributed by atoms with Crippen molar-refractivity contribution >= 4 is 21.6 Å². The average Bonchev–Trinajstić information content (AvgIpc) is 3.52. The minimum Gasteiger partial charge on any atom is -0.368 e. The van der Waals surface area contributed by atoms with Crippen molar-refractivity contribution in [1.29, 1.82) is 0 Å². The van der Waals surface area contributed by atoms with Gasteiger partial charge in [-0.25, -0.2) is 17.5 Å². The van der Waals surface area contributed by atoms with Gasteiger partial charge in [-0.05, 0) is 61.7 Å². The number of sulfonamides is 1. The molecule has 4 rings (SSSR count). The number of carbonyl (C=O) groups excluding carboxylic acids is 1. The number of carbonyl (C=O) groups is 1. The molecule has 0 bridgehead atoms. The summed E-state index contributed by atoms with van der Waals surface area (Å²) in [7, 11) is -3.61. The molecule has 1 saturated carbocycles. The second-order valence-corrected chi connectivity index (χ2v) is 9.34. The molecule has 1 N–H and O–H groups in total. The Bertz CT molecular complexity index is 1010. The van der Waals surface area contributed by atoms with Crippen LogP contribution in [0, 0.1) is 12.7 Å². The third-order valence-corrected chi connectivity index (χ3v) is 6.93. The molecule has 1 aliphatic carbocycles. The number of halogens is 1. The van der Waals surface area contributed by atoms with Crippen LogP contribution in [-0.4, -0.2) is 51.4 Å². The van der Waals surface area contributed by atoms with Crippen LogP contribution in [-0.2, 0) is 10.0 Å². The van der Waals surface area contributed by atoms with E-state index in [9.17, 15) is 17.6 Å². The maximum absolute atomic E-state index is 13.1. The Hall–Kier alpha value is -2.45. The average molecular weight is 418 g/mol. The van der Waals surface area contributed by atoms with E-state index in [-0.39, 0.29) is 22.7 Å². The van der Waals surface area contributed by atoms with E-state index in [1.807, 2.05) is 6.92 Å². The van der Waals surface area contributed by atoms with E-state index in [1.54, 1.807) is 29.2 Å². The second-order valence-electron chi connectivity index (χ2n) is 7.63. The van der Waals surface area contributed by atoms with Crippen LogP contribution in [0.15, 0.2) is 47.4 Å². The predicted octanol–water partition coefficient (Wildman–Crippen LogP) is 2.54. The highest BCUT2D eigenvalue weighted by Crippen LogP contribution is 2.24. The highest BCUT2D eigenvalue weighted by atomic mass is 32.2. The monoisotopic (exact) mass is 417 g/mol. The Morgan fingerprint density at radius 3 is 2.31 bits per heavy atom. The number of nitrogens with zero attached hydrogens (tertiary/aromatic N) is 2. The summed E-state index contributed by atoms with van der Waals surface area (Å²) in [6, 6.07) is 11.0. The Balaban J connectivity index is 1.47. The van der Waals surface area contributed by atoms with Gasteiger partial charge in [0.15, 0.2) is 0 Å². The van der Waals surface area contributed by atoms with E-state index < -0.39 is 10.0 Å². The maximum atomic E-state index is 13.1. The fourth-order valence-electron chi connectivity index (χ4n) is 3.48. The standard InChI is InChI=1S/C21H24FN3O3S/c1-15-2-9-19(29(27,28)23-17-5-6-17)14-20(15)21(26)25-12-10-24(11-13-25)18-7-3-16(22)4-8-18/h2-4,7-9,14,17,23H,5-6,10-13H2,1H3. The van der Waals surface area contributed by atoms with Crippen molar-refractivity contribution < 1.29 is 17.6 Å². The topological polar surface area (TPSA) is 69.7 Å². The highest BCUT2D eigenvalue weighted by Gasteiger charge is 2.29. The van der Waals surface area contributed by atoms with Crippen molar-refractivity contribution in [2.24, 2.45) is 0 Å². The summed E-state index contributed by atoms with van der Waals surface area (Å²) in [5.41, 5.74) is 2.09. The van der Waals surface area contributed by atoms with Crippen LogP contribution in [0.4, 0.5) is 10.1 Å². The smallest absolute Gasteiger partial charge is 0.254 e. The molecule has 1 amide bonds. The Morgan fingerprint density at radius 2 is 1.69 bits per heavy atom. The molecule has 0 spiro atoms. The van der Waals surface area contributed by atoms with Crippen molar-refractivity contribution in [1.82, 2.24) is 9.62 Å². The summed E-state index contributed by atoms with van der Waals surface area (Å²) in [4.78, 5) is 17.0. The number of hydrogen-bond acceptors (Lipinski definition) is 4. The van der Waals surface area contributed by atoms with Crippen LogP contribution in [0.25, 0.3) is 0 Å². The van der Waals surface area contributed by atoms with Gasteiger partial charge in [0.25, 0.3) is 5.91 Å². The molecule has 2 fully saturated rings. The molecule has 2 aromatic rings. The fourth-order valence-corrected chi connectivity index (χ4v) is 4.81. The summed E-state index contributed by atoms with van der Waals surface area (Å²) in [5, 5.41) is 0. The lowest BCUT2D eigenvalue weighted by Gasteiger charge is -2.36. The minimum atomic E-state index is -3.61. The fraction of sp³-hybridized carbons (Fsp3) is 0.381. The molecule has 0 atom stereocenters. The molecule has 0 aromatic heterocycles. The number of nitrogens with one attached hydrogen (secondary N) is 1. The molecule has 0 unspecified atom stereocenters. The van der Waals surface area contributed by atoms with E-state index in [1.165, 1.54) is 18.2 Å². The first-order chi connectivity index (χ1) is 13.8. The quantitative estimate of drug-likeness (QED) is 0.812. The Kier molecular flexibility index (Phi) is 5.31. The molecule has 1 saturated heterocycles. The van der Waals surface area contributed by atoms with Gasteiger partial charge in [0.1, 0.15) is 5.82 Å². The van der Waals surface area contributed by atoms with Gasteiger partial charge < -0.3 is 9.80 Å². The Morgan fingerprint density at radius 1 is 1.03 bits per heavy atom. The molecule has 8 heteroatoms. The SMILES string of the molecule is Cc1ccc(S(=O)(=O)NC2CC2)cc1C(=O)N1CCN(c2ccc(F)cc2)CC1. The van der Waals surface area contributed by atoms with Crippen LogP contribution >= 0.6 is 0 Å². The van der Waals surface area contributed by atoms with E-state index in [0.29, 0.717) is 31.7 Å². The third-order valence-electron chi connectivity index (χ3n) is 5.41. The van der Waals surface area contributed by atoms with Gasteiger partial charge in [0.2, 0.25) is 10.0 Å².